The highest BCUT2D eigenvalue weighted by atomic mass is 16.5. The van der Waals surface area contributed by atoms with Crippen molar-refractivity contribution in [2.75, 3.05) is 14.2 Å². The summed E-state index contributed by atoms with van der Waals surface area (Å²) in [4.78, 5) is 14.2. The predicted octanol–water partition coefficient (Wildman–Crippen LogP) is 5.68. The Hall–Kier alpha value is -3.61. The minimum Gasteiger partial charge on any atom is -0.496 e. The lowest BCUT2D eigenvalue weighted by molar-refractivity contribution is 0.396. The van der Waals surface area contributed by atoms with Crippen LogP contribution in [0.5, 0.6) is 11.6 Å². The standard InChI is InChI=1S/C28H33N5O2/c1-18-15-33(17-29-18)24-11-10-22(31-27(24)35-6)23-16-32-13-7-8-20(26(32)30-23)19-9-12-25(34-5)21(14-19)28(2,3)4/h9-12,14-17,20H,7-8,13H2,1-6H3. The van der Waals surface area contributed by atoms with Gasteiger partial charge in [-0.2, -0.15) is 0 Å². The molecule has 7 nitrogen and oxygen atoms in total. The summed E-state index contributed by atoms with van der Waals surface area (Å²) in [5, 5.41) is 0. The van der Waals surface area contributed by atoms with Gasteiger partial charge in [0.25, 0.3) is 0 Å². The van der Waals surface area contributed by atoms with Crippen LogP contribution in [0.1, 0.15) is 62.2 Å². The molecule has 35 heavy (non-hydrogen) atoms. The summed E-state index contributed by atoms with van der Waals surface area (Å²) < 4.78 is 15.5. The summed E-state index contributed by atoms with van der Waals surface area (Å²) in [5.41, 5.74) is 5.95. The Bertz CT molecular complexity index is 1360. The SMILES string of the molecule is COc1ccc(C2CCCn3cc(-c4ccc(-n5cnc(C)c5)c(OC)n4)nc32)cc1C(C)(C)C. The van der Waals surface area contributed by atoms with E-state index in [1.54, 1.807) is 20.5 Å². The van der Waals surface area contributed by atoms with Crippen molar-refractivity contribution < 1.29 is 9.47 Å². The second kappa shape index (κ2) is 8.87. The van der Waals surface area contributed by atoms with Crippen LogP contribution in [-0.4, -0.2) is 38.3 Å². The van der Waals surface area contributed by atoms with Gasteiger partial charge >= 0.3 is 0 Å². The van der Waals surface area contributed by atoms with E-state index in [1.165, 1.54) is 11.1 Å². The average Bonchev–Trinajstić information content (AvgIpc) is 3.49. The number of imidazole rings is 2. The van der Waals surface area contributed by atoms with Crippen LogP contribution in [0.25, 0.3) is 17.1 Å². The highest BCUT2D eigenvalue weighted by Gasteiger charge is 2.28. The van der Waals surface area contributed by atoms with E-state index in [9.17, 15) is 0 Å². The zero-order valence-corrected chi connectivity index (χ0v) is 21.4. The smallest absolute Gasteiger partial charge is 0.238 e. The molecule has 0 N–H and O–H groups in total. The first-order valence-electron chi connectivity index (χ1n) is 12.1. The molecule has 0 radical (unpaired) electrons. The Kier molecular flexibility index (Phi) is 5.87. The molecule has 0 bridgehead atoms. The van der Waals surface area contributed by atoms with Crippen LogP contribution in [0, 0.1) is 6.92 Å². The first-order chi connectivity index (χ1) is 16.8. The molecule has 0 amide bonds. The summed E-state index contributed by atoms with van der Waals surface area (Å²) in [6.07, 6.45) is 8.04. The average molecular weight is 472 g/mol. The molecule has 5 rings (SSSR count). The molecule has 1 unspecified atom stereocenters. The molecular weight excluding hydrogens is 438 g/mol. The molecule has 4 heterocycles. The number of nitrogens with zero attached hydrogens (tertiary/aromatic N) is 5. The molecule has 0 saturated carbocycles. The molecule has 7 heteroatoms. The fourth-order valence-corrected chi connectivity index (χ4v) is 4.93. The Morgan fingerprint density at radius 3 is 2.49 bits per heavy atom. The number of ether oxygens (including phenoxy) is 2. The van der Waals surface area contributed by atoms with Gasteiger partial charge in [-0.25, -0.2) is 15.0 Å². The van der Waals surface area contributed by atoms with Gasteiger partial charge in [-0.15, -0.1) is 0 Å². The number of methoxy groups -OCH3 is 2. The van der Waals surface area contributed by atoms with E-state index in [1.807, 2.05) is 29.8 Å². The van der Waals surface area contributed by atoms with Crippen LogP contribution < -0.4 is 9.47 Å². The molecule has 0 saturated heterocycles. The van der Waals surface area contributed by atoms with E-state index < -0.39 is 0 Å². The zero-order valence-electron chi connectivity index (χ0n) is 21.4. The van der Waals surface area contributed by atoms with Crippen LogP contribution in [-0.2, 0) is 12.0 Å². The topological polar surface area (TPSA) is 67.0 Å². The zero-order chi connectivity index (χ0) is 24.7. The number of aryl methyl sites for hydroxylation is 2. The van der Waals surface area contributed by atoms with Crippen molar-refractivity contribution in [2.24, 2.45) is 0 Å². The van der Waals surface area contributed by atoms with E-state index in [4.69, 9.17) is 19.4 Å². The first-order valence-corrected chi connectivity index (χ1v) is 12.1. The highest BCUT2D eigenvalue weighted by Crippen LogP contribution is 2.39. The maximum Gasteiger partial charge on any atom is 0.238 e. The van der Waals surface area contributed by atoms with Gasteiger partial charge in [-0.05, 0) is 54.5 Å². The molecule has 0 fully saturated rings. The minimum atomic E-state index is -0.00734. The largest absolute Gasteiger partial charge is 0.496 e. The summed E-state index contributed by atoms with van der Waals surface area (Å²) in [6.45, 7) is 9.60. The molecule has 1 aliphatic rings. The quantitative estimate of drug-likeness (QED) is 0.375. The third-order valence-electron chi connectivity index (χ3n) is 6.73. The van der Waals surface area contributed by atoms with E-state index in [-0.39, 0.29) is 11.3 Å². The lowest BCUT2D eigenvalue weighted by Gasteiger charge is -2.27. The first kappa shape index (κ1) is 23.1. The molecule has 1 aromatic carbocycles. The van der Waals surface area contributed by atoms with Gasteiger partial charge in [-0.3, -0.25) is 0 Å². The van der Waals surface area contributed by atoms with Crippen LogP contribution in [0.15, 0.2) is 49.1 Å². The van der Waals surface area contributed by atoms with Crippen molar-refractivity contribution >= 4 is 0 Å². The van der Waals surface area contributed by atoms with Crippen molar-refractivity contribution in [1.29, 1.82) is 0 Å². The van der Waals surface area contributed by atoms with Crippen molar-refractivity contribution in [1.82, 2.24) is 24.1 Å². The summed E-state index contributed by atoms with van der Waals surface area (Å²) in [7, 11) is 3.38. The van der Waals surface area contributed by atoms with Crippen LogP contribution in [0.4, 0.5) is 0 Å². The Labute approximate surface area is 206 Å². The maximum atomic E-state index is 5.66. The van der Waals surface area contributed by atoms with Crippen molar-refractivity contribution in [3.05, 3.63) is 71.7 Å². The molecule has 0 aliphatic carbocycles. The fourth-order valence-electron chi connectivity index (χ4n) is 4.93. The van der Waals surface area contributed by atoms with Gasteiger partial charge in [0.05, 0.1) is 31.9 Å². The van der Waals surface area contributed by atoms with Crippen molar-refractivity contribution in [2.45, 2.75) is 58.4 Å². The van der Waals surface area contributed by atoms with Crippen LogP contribution >= 0.6 is 0 Å². The van der Waals surface area contributed by atoms with Gasteiger partial charge in [0.1, 0.15) is 23.0 Å². The van der Waals surface area contributed by atoms with E-state index >= 15 is 0 Å². The Morgan fingerprint density at radius 2 is 1.80 bits per heavy atom. The number of rotatable bonds is 5. The number of benzene rings is 1. The minimum absolute atomic E-state index is 0.00734. The van der Waals surface area contributed by atoms with Crippen LogP contribution in [0.2, 0.25) is 0 Å². The van der Waals surface area contributed by atoms with Gasteiger partial charge in [0.15, 0.2) is 0 Å². The van der Waals surface area contributed by atoms with Gasteiger partial charge in [-0.1, -0.05) is 32.9 Å². The summed E-state index contributed by atoms with van der Waals surface area (Å²) in [6, 6.07) is 10.6. The molecule has 0 spiro atoms. The Morgan fingerprint density at radius 1 is 0.971 bits per heavy atom. The molecule has 1 atom stereocenters. The van der Waals surface area contributed by atoms with E-state index in [2.05, 4.69) is 54.7 Å². The van der Waals surface area contributed by atoms with Gasteiger partial charge in [0, 0.05) is 24.9 Å². The number of fused-ring (bicyclic) bond motifs is 1. The normalized spacial score (nSPS) is 15.7. The van der Waals surface area contributed by atoms with Gasteiger partial charge < -0.3 is 18.6 Å². The van der Waals surface area contributed by atoms with E-state index in [0.29, 0.717) is 5.88 Å². The molecule has 4 aromatic rings. The highest BCUT2D eigenvalue weighted by molar-refractivity contribution is 5.59. The molecule has 182 valence electrons. The molecule has 3 aromatic heterocycles. The number of pyridine rings is 1. The third-order valence-corrected chi connectivity index (χ3v) is 6.73. The fraction of sp³-hybridized carbons (Fsp3) is 0.393. The maximum absolute atomic E-state index is 5.66. The third kappa shape index (κ3) is 4.31. The van der Waals surface area contributed by atoms with E-state index in [0.717, 1.165) is 53.7 Å². The van der Waals surface area contributed by atoms with Crippen molar-refractivity contribution in [3.8, 4) is 28.7 Å². The molecular formula is C28H33N5O2. The lowest BCUT2D eigenvalue weighted by atomic mass is 9.82. The number of aromatic nitrogens is 5. The predicted molar refractivity (Wildman–Crippen MR) is 137 cm³/mol. The number of hydrogen-bond acceptors (Lipinski definition) is 5. The van der Waals surface area contributed by atoms with Crippen molar-refractivity contribution in [3.63, 3.8) is 0 Å². The number of hydrogen-bond donors (Lipinski definition) is 0. The van der Waals surface area contributed by atoms with Crippen LogP contribution in [0.3, 0.4) is 0 Å². The lowest BCUT2D eigenvalue weighted by Crippen LogP contribution is -2.18. The summed E-state index contributed by atoms with van der Waals surface area (Å²) >= 11 is 0. The Balaban J connectivity index is 1.52. The molecule has 1 aliphatic heterocycles. The monoisotopic (exact) mass is 471 g/mol. The second-order valence-corrected chi connectivity index (χ2v) is 10.2. The summed E-state index contributed by atoms with van der Waals surface area (Å²) in [5.74, 6) is 2.81. The van der Waals surface area contributed by atoms with Gasteiger partial charge in [0.2, 0.25) is 5.88 Å². The second-order valence-electron chi connectivity index (χ2n) is 10.2.